The van der Waals surface area contributed by atoms with Crippen LogP contribution in [0.2, 0.25) is 0 Å². The zero-order valence-electron chi connectivity index (χ0n) is 6.71. The fourth-order valence-electron chi connectivity index (χ4n) is 1.08. The van der Waals surface area contributed by atoms with Gasteiger partial charge in [0.05, 0.1) is 0 Å². The Bertz CT molecular complexity index is 266. The Labute approximate surface area is 71.1 Å². The molecule has 3 heteroatoms. The van der Waals surface area contributed by atoms with Crippen LogP contribution >= 0.6 is 0 Å². The molecular weight excluding hydrogens is 154 g/mol. The van der Waals surface area contributed by atoms with Crippen molar-refractivity contribution in [3.05, 3.63) is 36.6 Å². The van der Waals surface area contributed by atoms with Gasteiger partial charge in [-0.05, 0) is 11.6 Å². The monoisotopic (exact) mass is 165 g/mol. The highest BCUT2D eigenvalue weighted by molar-refractivity contribution is 5.84. The molecule has 1 atom stereocenters. The Morgan fingerprint density at radius 2 is 2.17 bits per heavy atom. The number of nitrogens with one attached hydrogen (secondary N) is 1. The van der Waals surface area contributed by atoms with Crippen LogP contribution in [0.25, 0.3) is 0 Å². The largest absolute Gasteiger partial charge is 0.383 e. The number of rotatable bonds is 2. The Kier molecular flexibility index (Phi) is 2.45. The Morgan fingerprint density at radius 3 is 2.67 bits per heavy atom. The number of allylic oxidation sites excluding steroid dienone is 2. The van der Waals surface area contributed by atoms with Crippen LogP contribution < -0.4 is 5.32 Å². The van der Waals surface area contributed by atoms with Crippen LogP contribution in [-0.4, -0.2) is 17.1 Å². The summed E-state index contributed by atoms with van der Waals surface area (Å²) < 4.78 is 0. The summed E-state index contributed by atoms with van der Waals surface area (Å²) in [7, 11) is 0. The van der Waals surface area contributed by atoms with Crippen LogP contribution in [0.4, 0.5) is 0 Å². The average Bonchev–Trinajstić information content (AvgIpc) is 2.09. The van der Waals surface area contributed by atoms with Crippen LogP contribution in [-0.2, 0) is 4.79 Å². The van der Waals surface area contributed by atoms with Gasteiger partial charge >= 0.3 is 0 Å². The molecule has 1 unspecified atom stereocenters. The first-order valence-electron chi connectivity index (χ1n) is 3.66. The zero-order chi connectivity index (χ0) is 9.14. The third-order valence-corrected chi connectivity index (χ3v) is 1.77. The smallest absolute Gasteiger partial charge is 0.253 e. The zero-order valence-corrected chi connectivity index (χ0v) is 6.71. The van der Waals surface area contributed by atoms with Crippen LogP contribution in [0.5, 0.6) is 0 Å². The van der Waals surface area contributed by atoms with E-state index >= 15 is 0 Å². The maximum Gasteiger partial charge on any atom is 0.253 e. The molecule has 0 radical (unpaired) electrons. The van der Waals surface area contributed by atoms with E-state index in [1.807, 2.05) is 0 Å². The van der Waals surface area contributed by atoms with E-state index in [0.29, 0.717) is 12.1 Å². The molecule has 0 spiro atoms. The van der Waals surface area contributed by atoms with E-state index in [9.17, 15) is 4.79 Å². The van der Waals surface area contributed by atoms with Gasteiger partial charge in [-0.1, -0.05) is 19.2 Å². The topological polar surface area (TPSA) is 49.3 Å². The van der Waals surface area contributed by atoms with E-state index in [-0.39, 0.29) is 5.91 Å². The molecule has 0 saturated carbocycles. The first-order valence-corrected chi connectivity index (χ1v) is 3.66. The van der Waals surface area contributed by atoms with Crippen molar-refractivity contribution < 1.29 is 9.90 Å². The number of hydrogen-bond acceptors (Lipinski definition) is 2. The van der Waals surface area contributed by atoms with Crippen LogP contribution in [0.3, 0.4) is 0 Å². The quantitative estimate of drug-likeness (QED) is 0.625. The highest BCUT2D eigenvalue weighted by atomic mass is 16.3. The summed E-state index contributed by atoms with van der Waals surface area (Å²) in [5, 5.41) is 11.7. The number of aliphatic hydroxyl groups is 1. The summed E-state index contributed by atoms with van der Waals surface area (Å²) in [6.07, 6.45) is 2.51. The van der Waals surface area contributed by atoms with Crippen LogP contribution in [0.15, 0.2) is 36.6 Å². The highest BCUT2D eigenvalue weighted by Gasteiger charge is 2.22. The molecule has 3 nitrogen and oxygen atoms in total. The summed E-state index contributed by atoms with van der Waals surface area (Å²) in [5.41, 5.74) is 1.46. The molecule has 0 aliphatic carbocycles. The van der Waals surface area contributed by atoms with Crippen molar-refractivity contribution >= 4 is 5.91 Å². The van der Waals surface area contributed by atoms with Crippen molar-refractivity contribution in [1.82, 2.24) is 5.32 Å². The van der Waals surface area contributed by atoms with Crippen LogP contribution in [0.1, 0.15) is 6.42 Å². The lowest BCUT2D eigenvalue weighted by atomic mass is 10.0. The summed E-state index contributed by atoms with van der Waals surface area (Å²) in [4.78, 5) is 10.9. The third kappa shape index (κ3) is 1.46. The highest BCUT2D eigenvalue weighted by Crippen LogP contribution is 2.16. The van der Waals surface area contributed by atoms with E-state index < -0.39 is 6.10 Å². The summed E-state index contributed by atoms with van der Waals surface area (Å²) >= 11 is 0. The fraction of sp³-hybridized carbons (Fsp3) is 0.222. The van der Waals surface area contributed by atoms with E-state index in [2.05, 4.69) is 18.5 Å². The number of hydrogen-bond donors (Lipinski definition) is 2. The second kappa shape index (κ2) is 3.36. The van der Waals surface area contributed by atoms with Gasteiger partial charge in [0.15, 0.2) is 0 Å². The number of aliphatic hydroxyl groups excluding tert-OH is 1. The van der Waals surface area contributed by atoms with E-state index in [1.54, 1.807) is 12.2 Å². The molecule has 1 heterocycles. The maximum atomic E-state index is 10.9. The molecular formula is C9H11NO2. The number of carbonyl (C=O) groups excluding carboxylic acids is 1. The first-order chi connectivity index (χ1) is 5.69. The molecule has 0 aromatic carbocycles. The molecule has 1 rings (SSSR count). The minimum Gasteiger partial charge on any atom is -0.383 e. The Hall–Kier alpha value is -1.35. The van der Waals surface area contributed by atoms with Crippen molar-refractivity contribution in [3.8, 4) is 0 Å². The SMILES string of the molecule is C=CC1=C(C=C)NC(=O)C(O)C1. The predicted octanol–water partition coefficient (Wildman–Crippen LogP) is 0.493. The summed E-state index contributed by atoms with van der Waals surface area (Å²) in [5.74, 6) is -0.379. The third-order valence-electron chi connectivity index (χ3n) is 1.77. The standard InChI is InChI=1S/C9H11NO2/c1-3-6-5-8(11)9(12)10-7(6)4-2/h3-4,8,11H,1-2,5H2,(H,10,12). The predicted molar refractivity (Wildman–Crippen MR) is 46.2 cm³/mol. The van der Waals surface area contributed by atoms with Crippen molar-refractivity contribution in [2.45, 2.75) is 12.5 Å². The number of amides is 1. The second-order valence-corrected chi connectivity index (χ2v) is 2.56. The average molecular weight is 165 g/mol. The molecule has 0 bridgehead atoms. The fourth-order valence-corrected chi connectivity index (χ4v) is 1.08. The second-order valence-electron chi connectivity index (χ2n) is 2.56. The Morgan fingerprint density at radius 1 is 1.50 bits per heavy atom. The van der Waals surface area contributed by atoms with Crippen molar-refractivity contribution in [2.24, 2.45) is 0 Å². The van der Waals surface area contributed by atoms with Gasteiger partial charge in [0, 0.05) is 12.1 Å². The van der Waals surface area contributed by atoms with Crippen molar-refractivity contribution in [1.29, 1.82) is 0 Å². The van der Waals surface area contributed by atoms with Gasteiger partial charge in [0.1, 0.15) is 6.10 Å². The molecule has 0 aromatic rings. The van der Waals surface area contributed by atoms with Gasteiger partial charge in [-0.3, -0.25) is 4.79 Å². The van der Waals surface area contributed by atoms with Gasteiger partial charge in [0.25, 0.3) is 5.91 Å². The van der Waals surface area contributed by atoms with Crippen molar-refractivity contribution in [3.63, 3.8) is 0 Å². The molecule has 64 valence electrons. The summed E-state index contributed by atoms with van der Waals surface area (Å²) in [6, 6.07) is 0. The molecule has 0 fully saturated rings. The van der Waals surface area contributed by atoms with Crippen LogP contribution in [0, 0.1) is 0 Å². The molecule has 1 aliphatic heterocycles. The van der Waals surface area contributed by atoms with Gasteiger partial charge < -0.3 is 10.4 Å². The van der Waals surface area contributed by atoms with E-state index in [4.69, 9.17) is 5.11 Å². The number of carbonyl (C=O) groups is 1. The molecule has 12 heavy (non-hydrogen) atoms. The van der Waals surface area contributed by atoms with Gasteiger partial charge in [-0.25, -0.2) is 0 Å². The molecule has 0 saturated heterocycles. The molecule has 2 N–H and O–H groups in total. The molecule has 1 aliphatic rings. The maximum absolute atomic E-state index is 10.9. The summed E-state index contributed by atoms with van der Waals surface area (Å²) in [6.45, 7) is 7.11. The minimum atomic E-state index is -0.957. The minimum absolute atomic E-state index is 0.316. The van der Waals surface area contributed by atoms with Gasteiger partial charge in [-0.2, -0.15) is 0 Å². The Balaban J connectivity index is 2.97. The molecule has 0 aromatic heterocycles. The van der Waals surface area contributed by atoms with E-state index in [1.165, 1.54) is 0 Å². The van der Waals surface area contributed by atoms with Gasteiger partial charge in [-0.15, -0.1) is 0 Å². The first kappa shape index (κ1) is 8.74. The van der Waals surface area contributed by atoms with E-state index in [0.717, 1.165) is 5.57 Å². The normalized spacial score (nSPS) is 23.4. The lowest BCUT2D eigenvalue weighted by Crippen LogP contribution is -2.38. The molecule has 1 amide bonds. The lowest BCUT2D eigenvalue weighted by Gasteiger charge is -2.20. The van der Waals surface area contributed by atoms with Gasteiger partial charge in [0.2, 0.25) is 0 Å². The van der Waals surface area contributed by atoms with Crippen molar-refractivity contribution in [2.75, 3.05) is 0 Å². The lowest BCUT2D eigenvalue weighted by molar-refractivity contribution is -0.129.